The summed E-state index contributed by atoms with van der Waals surface area (Å²) in [7, 11) is 0. The first-order valence-corrected chi connectivity index (χ1v) is 6.16. The lowest BCUT2D eigenvalue weighted by Crippen LogP contribution is -2.26. The SMILES string of the molecule is C=CN/C=C(/C)C(=C)NC1CCC(CC)C1. The number of nitrogens with one attached hydrogen (secondary N) is 2. The first kappa shape index (κ1) is 12.9. The van der Waals surface area contributed by atoms with Crippen LogP contribution in [0.1, 0.15) is 39.5 Å². The van der Waals surface area contributed by atoms with Gasteiger partial charge in [-0.05, 0) is 43.9 Å². The maximum atomic E-state index is 4.07. The van der Waals surface area contributed by atoms with Gasteiger partial charge in [0, 0.05) is 17.9 Å². The van der Waals surface area contributed by atoms with Crippen LogP contribution in [0, 0.1) is 5.92 Å². The summed E-state index contributed by atoms with van der Waals surface area (Å²) < 4.78 is 0. The zero-order chi connectivity index (χ0) is 12.0. The van der Waals surface area contributed by atoms with Crippen molar-refractivity contribution in [1.29, 1.82) is 0 Å². The van der Waals surface area contributed by atoms with Crippen LogP contribution in [0.5, 0.6) is 0 Å². The van der Waals surface area contributed by atoms with Crippen LogP contribution in [0.2, 0.25) is 0 Å². The molecule has 1 fully saturated rings. The molecule has 1 aliphatic rings. The average molecular weight is 220 g/mol. The molecule has 1 saturated carbocycles. The minimum absolute atomic E-state index is 0.615. The van der Waals surface area contributed by atoms with E-state index in [4.69, 9.17) is 0 Å². The van der Waals surface area contributed by atoms with Gasteiger partial charge in [-0.1, -0.05) is 26.5 Å². The van der Waals surface area contributed by atoms with Crippen molar-refractivity contribution in [3.8, 4) is 0 Å². The first-order chi connectivity index (χ1) is 7.67. The van der Waals surface area contributed by atoms with Crippen molar-refractivity contribution >= 4 is 0 Å². The minimum atomic E-state index is 0.615. The topological polar surface area (TPSA) is 24.1 Å². The minimum Gasteiger partial charge on any atom is -0.383 e. The molecule has 0 heterocycles. The Morgan fingerprint density at radius 1 is 1.44 bits per heavy atom. The Hall–Kier alpha value is -1.18. The first-order valence-electron chi connectivity index (χ1n) is 6.16. The van der Waals surface area contributed by atoms with Crippen molar-refractivity contribution in [2.45, 2.75) is 45.6 Å². The summed E-state index contributed by atoms with van der Waals surface area (Å²) in [6.07, 6.45) is 8.82. The zero-order valence-corrected chi connectivity index (χ0v) is 10.6. The highest BCUT2D eigenvalue weighted by Crippen LogP contribution is 2.28. The monoisotopic (exact) mass is 220 g/mol. The highest BCUT2D eigenvalue weighted by atomic mass is 14.9. The van der Waals surface area contributed by atoms with Gasteiger partial charge in [0.25, 0.3) is 0 Å². The summed E-state index contributed by atoms with van der Waals surface area (Å²) in [5.41, 5.74) is 2.16. The van der Waals surface area contributed by atoms with Crippen molar-refractivity contribution in [2.75, 3.05) is 0 Å². The molecule has 2 atom stereocenters. The van der Waals surface area contributed by atoms with Gasteiger partial charge in [0.15, 0.2) is 0 Å². The van der Waals surface area contributed by atoms with Crippen molar-refractivity contribution in [3.05, 3.63) is 36.8 Å². The highest BCUT2D eigenvalue weighted by molar-refractivity contribution is 5.24. The molecule has 2 heteroatoms. The molecular formula is C14H24N2. The summed E-state index contributed by atoms with van der Waals surface area (Å²) in [4.78, 5) is 0. The average Bonchev–Trinajstić information content (AvgIpc) is 2.73. The van der Waals surface area contributed by atoms with Crippen LogP contribution in [-0.2, 0) is 0 Å². The lowest BCUT2D eigenvalue weighted by atomic mass is 10.1. The third-order valence-corrected chi connectivity index (χ3v) is 3.39. The lowest BCUT2D eigenvalue weighted by Gasteiger charge is -2.17. The van der Waals surface area contributed by atoms with Crippen LogP contribution in [0.25, 0.3) is 0 Å². The van der Waals surface area contributed by atoms with Crippen LogP contribution < -0.4 is 10.6 Å². The van der Waals surface area contributed by atoms with Crippen LogP contribution >= 0.6 is 0 Å². The third-order valence-electron chi connectivity index (χ3n) is 3.39. The maximum Gasteiger partial charge on any atom is 0.0313 e. The Morgan fingerprint density at radius 3 is 2.75 bits per heavy atom. The van der Waals surface area contributed by atoms with Crippen LogP contribution in [0.3, 0.4) is 0 Å². The smallest absolute Gasteiger partial charge is 0.0313 e. The summed E-state index contributed by atoms with van der Waals surface area (Å²) in [5.74, 6) is 0.904. The van der Waals surface area contributed by atoms with E-state index in [1.165, 1.54) is 25.7 Å². The third kappa shape index (κ3) is 3.76. The second kappa shape index (κ2) is 6.41. The van der Waals surface area contributed by atoms with E-state index < -0.39 is 0 Å². The molecule has 0 bridgehead atoms. The largest absolute Gasteiger partial charge is 0.383 e. The summed E-state index contributed by atoms with van der Waals surface area (Å²) in [6, 6.07) is 0.615. The molecule has 16 heavy (non-hydrogen) atoms. The fourth-order valence-corrected chi connectivity index (χ4v) is 2.21. The summed E-state index contributed by atoms with van der Waals surface area (Å²) >= 11 is 0. The van der Waals surface area contributed by atoms with Crippen LogP contribution in [0.4, 0.5) is 0 Å². The van der Waals surface area contributed by atoms with E-state index in [-0.39, 0.29) is 0 Å². The molecule has 0 aromatic rings. The van der Waals surface area contributed by atoms with E-state index in [9.17, 15) is 0 Å². The van der Waals surface area contributed by atoms with E-state index in [0.29, 0.717) is 6.04 Å². The van der Waals surface area contributed by atoms with Crippen molar-refractivity contribution in [2.24, 2.45) is 5.92 Å². The Labute approximate surface area is 99.5 Å². The van der Waals surface area contributed by atoms with Crippen molar-refractivity contribution in [1.82, 2.24) is 10.6 Å². The molecule has 90 valence electrons. The Morgan fingerprint density at radius 2 is 2.19 bits per heavy atom. The van der Waals surface area contributed by atoms with E-state index >= 15 is 0 Å². The van der Waals surface area contributed by atoms with Crippen LogP contribution in [0.15, 0.2) is 36.8 Å². The van der Waals surface area contributed by atoms with E-state index in [1.54, 1.807) is 6.20 Å². The van der Waals surface area contributed by atoms with Gasteiger partial charge in [-0.3, -0.25) is 0 Å². The lowest BCUT2D eigenvalue weighted by molar-refractivity contribution is 0.501. The normalized spacial score (nSPS) is 25.2. The Balaban J connectivity index is 2.37. The van der Waals surface area contributed by atoms with Gasteiger partial charge >= 0.3 is 0 Å². The van der Waals surface area contributed by atoms with Gasteiger partial charge in [0.05, 0.1) is 0 Å². The zero-order valence-electron chi connectivity index (χ0n) is 10.6. The van der Waals surface area contributed by atoms with Gasteiger partial charge in [0.2, 0.25) is 0 Å². The molecule has 2 unspecified atom stereocenters. The van der Waals surface area contributed by atoms with Gasteiger partial charge in [-0.25, -0.2) is 0 Å². The molecular weight excluding hydrogens is 196 g/mol. The molecule has 0 aliphatic heterocycles. The molecule has 1 rings (SSSR count). The molecule has 2 nitrogen and oxygen atoms in total. The molecule has 2 N–H and O–H groups in total. The fraction of sp³-hybridized carbons (Fsp3) is 0.571. The fourth-order valence-electron chi connectivity index (χ4n) is 2.21. The van der Waals surface area contributed by atoms with Gasteiger partial charge in [-0.2, -0.15) is 0 Å². The number of hydrogen-bond acceptors (Lipinski definition) is 2. The summed E-state index contributed by atoms with van der Waals surface area (Å²) in [5, 5.41) is 6.49. The molecule has 1 aliphatic carbocycles. The predicted molar refractivity (Wildman–Crippen MR) is 70.8 cm³/mol. The second-order valence-corrected chi connectivity index (χ2v) is 4.61. The predicted octanol–water partition coefficient (Wildman–Crippen LogP) is 3.31. The van der Waals surface area contributed by atoms with Crippen molar-refractivity contribution in [3.63, 3.8) is 0 Å². The molecule has 0 aromatic carbocycles. The molecule has 0 saturated heterocycles. The number of hydrogen-bond donors (Lipinski definition) is 2. The Kier molecular flexibility index (Phi) is 5.17. The standard InChI is InChI=1S/C14H24N2/c1-5-13-7-8-14(9-13)16-12(4)11(3)10-15-6-2/h6,10,13-16H,2,4-5,7-9H2,1,3H3/b11-10-. The van der Waals surface area contributed by atoms with Gasteiger partial charge in [-0.15, -0.1) is 0 Å². The van der Waals surface area contributed by atoms with Crippen molar-refractivity contribution < 1.29 is 0 Å². The number of allylic oxidation sites excluding steroid dienone is 1. The highest BCUT2D eigenvalue weighted by Gasteiger charge is 2.23. The summed E-state index contributed by atoms with van der Waals surface area (Å²) in [6.45, 7) is 12.0. The second-order valence-electron chi connectivity index (χ2n) is 4.61. The molecule has 0 aromatic heterocycles. The quantitative estimate of drug-likeness (QED) is 0.671. The Bertz CT molecular complexity index is 278. The van der Waals surface area contributed by atoms with E-state index in [2.05, 4.69) is 37.6 Å². The van der Waals surface area contributed by atoms with Gasteiger partial charge < -0.3 is 10.6 Å². The van der Waals surface area contributed by atoms with Crippen LogP contribution in [-0.4, -0.2) is 6.04 Å². The number of rotatable bonds is 6. The molecule has 0 radical (unpaired) electrons. The van der Waals surface area contributed by atoms with Gasteiger partial charge in [0.1, 0.15) is 0 Å². The molecule has 0 amide bonds. The molecule has 0 spiro atoms. The van der Waals surface area contributed by atoms with E-state index in [1.807, 2.05) is 6.20 Å². The maximum absolute atomic E-state index is 4.07. The van der Waals surface area contributed by atoms with E-state index in [0.717, 1.165) is 17.2 Å².